The van der Waals surface area contributed by atoms with E-state index in [0.717, 1.165) is 23.1 Å². The molecule has 2 aliphatic heterocycles. The number of aryl methyl sites for hydroxylation is 4. The fourth-order valence-electron chi connectivity index (χ4n) is 5.85. The lowest BCUT2D eigenvalue weighted by Gasteiger charge is -2.36. The number of fused-ring (bicyclic) bond motifs is 1. The first-order valence-corrected chi connectivity index (χ1v) is 14.7. The molecule has 1 aromatic heterocycles. The number of carbonyl (C=O) groups excluding carboxylic acids is 1. The summed E-state index contributed by atoms with van der Waals surface area (Å²) in [6, 6.07) is 12.4. The van der Waals surface area contributed by atoms with E-state index in [-0.39, 0.29) is 29.0 Å². The van der Waals surface area contributed by atoms with Crippen LogP contribution in [0, 0.1) is 33.6 Å². The topological polar surface area (TPSA) is 83.7 Å². The van der Waals surface area contributed by atoms with Crippen molar-refractivity contribution in [1.82, 2.24) is 14.4 Å². The number of piperidine rings is 1. The first-order valence-electron chi connectivity index (χ1n) is 13.2. The van der Waals surface area contributed by atoms with Crippen LogP contribution in [0.2, 0.25) is 0 Å². The van der Waals surface area contributed by atoms with Crippen LogP contribution >= 0.6 is 0 Å². The molecule has 7 nitrogen and oxygen atoms in total. The normalized spacial score (nSPS) is 18.6. The molecule has 0 aliphatic carbocycles. The van der Waals surface area contributed by atoms with Gasteiger partial charge in [0.2, 0.25) is 15.9 Å². The van der Waals surface area contributed by atoms with E-state index in [1.54, 1.807) is 13.0 Å². The van der Waals surface area contributed by atoms with Crippen LogP contribution in [-0.2, 0) is 27.8 Å². The number of benzene rings is 2. The Balaban J connectivity index is 1.36. The van der Waals surface area contributed by atoms with Crippen LogP contribution in [0.3, 0.4) is 0 Å². The molecule has 1 fully saturated rings. The molecule has 3 heterocycles. The Morgan fingerprint density at radius 2 is 1.74 bits per heavy atom. The zero-order valence-electron chi connectivity index (χ0n) is 22.5. The molecule has 3 aromatic rings. The lowest BCUT2D eigenvalue weighted by Crippen LogP contribution is -2.47. The SMILES string of the molecule is Cc1cc(C)c(/C=C/c2onc(C)c2S(=O)(=O)N2CCC[C@H](C(=O)N3CCc4ccccc4C3)C2)c(C)c1. The summed E-state index contributed by atoms with van der Waals surface area (Å²) < 4.78 is 34.6. The third-order valence-electron chi connectivity index (χ3n) is 7.75. The van der Waals surface area contributed by atoms with Crippen molar-refractivity contribution in [3.8, 4) is 0 Å². The third kappa shape index (κ3) is 5.07. The maximum absolute atomic E-state index is 13.9. The van der Waals surface area contributed by atoms with E-state index in [1.165, 1.54) is 21.0 Å². The highest BCUT2D eigenvalue weighted by Crippen LogP contribution is 2.31. The van der Waals surface area contributed by atoms with Crippen molar-refractivity contribution in [1.29, 1.82) is 0 Å². The predicted molar refractivity (Wildman–Crippen MR) is 148 cm³/mol. The van der Waals surface area contributed by atoms with Gasteiger partial charge in [0, 0.05) is 26.2 Å². The van der Waals surface area contributed by atoms with Gasteiger partial charge >= 0.3 is 0 Å². The molecular formula is C30H35N3O4S. The summed E-state index contributed by atoms with van der Waals surface area (Å²) in [4.78, 5) is 15.4. The van der Waals surface area contributed by atoms with Crippen LogP contribution in [0.1, 0.15) is 57.7 Å². The van der Waals surface area contributed by atoms with Crippen molar-refractivity contribution >= 4 is 28.1 Å². The molecule has 1 amide bonds. The summed E-state index contributed by atoms with van der Waals surface area (Å²) in [6.45, 7) is 9.56. The van der Waals surface area contributed by atoms with Gasteiger partial charge in [-0.3, -0.25) is 4.79 Å². The van der Waals surface area contributed by atoms with Crippen LogP contribution in [0.15, 0.2) is 45.8 Å². The molecule has 2 aromatic carbocycles. The van der Waals surface area contributed by atoms with E-state index in [2.05, 4.69) is 36.3 Å². The van der Waals surface area contributed by atoms with Gasteiger partial charge < -0.3 is 9.42 Å². The zero-order valence-corrected chi connectivity index (χ0v) is 23.3. The highest BCUT2D eigenvalue weighted by molar-refractivity contribution is 7.89. The van der Waals surface area contributed by atoms with E-state index in [4.69, 9.17) is 4.52 Å². The minimum Gasteiger partial charge on any atom is -0.355 e. The summed E-state index contributed by atoms with van der Waals surface area (Å²) in [6.07, 6.45) is 5.73. The van der Waals surface area contributed by atoms with Gasteiger partial charge in [-0.15, -0.1) is 0 Å². The number of hydrogen-bond acceptors (Lipinski definition) is 5. The van der Waals surface area contributed by atoms with Crippen LogP contribution in [0.4, 0.5) is 0 Å². The molecule has 0 bridgehead atoms. The van der Waals surface area contributed by atoms with Crippen LogP contribution in [0.25, 0.3) is 12.2 Å². The second-order valence-electron chi connectivity index (χ2n) is 10.6. The summed E-state index contributed by atoms with van der Waals surface area (Å²) in [5, 5.41) is 3.99. The fraction of sp³-hybridized carbons (Fsp3) is 0.400. The van der Waals surface area contributed by atoms with E-state index in [9.17, 15) is 13.2 Å². The van der Waals surface area contributed by atoms with Crippen molar-refractivity contribution < 1.29 is 17.7 Å². The van der Waals surface area contributed by atoms with Gasteiger partial charge in [0.15, 0.2) is 10.7 Å². The molecule has 200 valence electrons. The number of rotatable bonds is 5. The number of nitrogens with zero attached hydrogens (tertiary/aromatic N) is 3. The Kier molecular flexibility index (Phi) is 7.29. The molecule has 1 atom stereocenters. The van der Waals surface area contributed by atoms with Gasteiger partial charge in [0.1, 0.15) is 5.69 Å². The number of carbonyl (C=O) groups is 1. The first-order chi connectivity index (χ1) is 18.1. The first kappa shape index (κ1) is 26.4. The average molecular weight is 534 g/mol. The molecule has 38 heavy (non-hydrogen) atoms. The Hall–Kier alpha value is -3.23. The molecule has 2 aliphatic rings. The molecular weight excluding hydrogens is 498 g/mol. The van der Waals surface area contributed by atoms with Crippen molar-refractivity contribution in [2.24, 2.45) is 5.92 Å². The number of sulfonamides is 1. The van der Waals surface area contributed by atoms with Crippen LogP contribution in [0.5, 0.6) is 0 Å². The molecule has 0 unspecified atom stereocenters. The zero-order chi connectivity index (χ0) is 27.0. The molecule has 5 rings (SSSR count). The maximum Gasteiger partial charge on any atom is 0.248 e. The number of hydrogen-bond donors (Lipinski definition) is 0. The summed E-state index contributed by atoms with van der Waals surface area (Å²) in [5.41, 5.74) is 7.20. The van der Waals surface area contributed by atoms with E-state index >= 15 is 0 Å². The van der Waals surface area contributed by atoms with E-state index in [0.29, 0.717) is 38.2 Å². The van der Waals surface area contributed by atoms with E-state index in [1.807, 2.05) is 37.0 Å². The average Bonchev–Trinajstić information content (AvgIpc) is 3.28. The third-order valence-corrected chi connectivity index (χ3v) is 9.77. The molecule has 0 radical (unpaired) electrons. The fourth-order valence-corrected chi connectivity index (χ4v) is 7.62. The lowest BCUT2D eigenvalue weighted by molar-refractivity contribution is -0.137. The van der Waals surface area contributed by atoms with E-state index < -0.39 is 10.0 Å². The summed E-state index contributed by atoms with van der Waals surface area (Å²) in [5.74, 6) is -0.115. The lowest BCUT2D eigenvalue weighted by atomic mass is 9.95. The Morgan fingerprint density at radius 3 is 2.47 bits per heavy atom. The maximum atomic E-state index is 13.9. The molecule has 0 spiro atoms. The Labute approximate surface area is 225 Å². The smallest absolute Gasteiger partial charge is 0.248 e. The Bertz CT molecular complexity index is 1480. The predicted octanol–water partition coefficient (Wildman–Crippen LogP) is 5.06. The standard InChI is InChI=1S/C30H35N3O4S/c1-20-16-21(2)27(22(3)17-20)11-12-28-29(23(4)31-37-28)38(35,36)33-14-7-10-26(19-33)30(34)32-15-13-24-8-5-6-9-25(24)18-32/h5-6,8-9,11-12,16-17,26H,7,10,13-15,18-19H2,1-4H3/b12-11+/t26-/m0/s1. The highest BCUT2D eigenvalue weighted by atomic mass is 32.2. The summed E-state index contributed by atoms with van der Waals surface area (Å²) >= 11 is 0. The number of amides is 1. The Morgan fingerprint density at radius 1 is 1.03 bits per heavy atom. The monoisotopic (exact) mass is 533 g/mol. The van der Waals surface area contributed by atoms with Gasteiger partial charge in [-0.05, 0) is 80.9 Å². The van der Waals surface area contributed by atoms with Crippen LogP contribution in [-0.4, -0.2) is 48.3 Å². The minimum absolute atomic E-state index is 0.0342. The van der Waals surface area contributed by atoms with Gasteiger partial charge in [-0.1, -0.05) is 53.2 Å². The summed E-state index contributed by atoms with van der Waals surface area (Å²) in [7, 11) is -3.90. The van der Waals surface area contributed by atoms with Crippen molar-refractivity contribution in [3.05, 3.63) is 81.2 Å². The van der Waals surface area contributed by atoms with Gasteiger partial charge in [0.05, 0.1) is 5.92 Å². The molecule has 0 N–H and O–H groups in total. The molecule has 8 heteroatoms. The molecule has 1 saturated heterocycles. The van der Waals surface area contributed by atoms with Crippen molar-refractivity contribution in [2.45, 2.75) is 58.4 Å². The second-order valence-corrected chi connectivity index (χ2v) is 12.5. The quantitative estimate of drug-likeness (QED) is 0.458. The largest absolute Gasteiger partial charge is 0.355 e. The van der Waals surface area contributed by atoms with Crippen molar-refractivity contribution in [3.63, 3.8) is 0 Å². The number of aromatic nitrogens is 1. The highest BCUT2D eigenvalue weighted by Gasteiger charge is 2.38. The van der Waals surface area contributed by atoms with Crippen LogP contribution < -0.4 is 0 Å². The molecule has 0 saturated carbocycles. The van der Waals surface area contributed by atoms with Gasteiger partial charge in [-0.25, -0.2) is 8.42 Å². The minimum atomic E-state index is -3.90. The van der Waals surface area contributed by atoms with Crippen molar-refractivity contribution in [2.75, 3.05) is 19.6 Å². The second kappa shape index (κ2) is 10.5. The van der Waals surface area contributed by atoms with Gasteiger partial charge in [-0.2, -0.15) is 4.31 Å². The van der Waals surface area contributed by atoms with Gasteiger partial charge in [0.25, 0.3) is 0 Å².